The number of hydrogen-bond acceptors (Lipinski definition) is 3. The van der Waals surface area contributed by atoms with Crippen LogP contribution in [0.3, 0.4) is 0 Å². The molecule has 0 fully saturated rings. The second-order valence-electron chi connectivity index (χ2n) is 7.05. The highest BCUT2D eigenvalue weighted by Crippen LogP contribution is 2.27. The van der Waals surface area contributed by atoms with Gasteiger partial charge in [-0.2, -0.15) is 0 Å². The standard InChI is InChI=1S/C23H31N3O2.HI/c24-23(26-22-13-6-11-20-10-4-5-12-21(20)22)25-14-7-15-27-16-17-28-18-19-8-2-1-3-9-19;/h1-3,6,8-9,11,13H,4-5,7,10,12,14-18H2,(H3,24,25,26);1H. The van der Waals surface area contributed by atoms with Crippen molar-refractivity contribution in [3.63, 3.8) is 0 Å². The van der Waals surface area contributed by atoms with Crippen LogP contribution in [-0.2, 0) is 28.9 Å². The third-order valence-electron chi connectivity index (χ3n) is 4.87. The van der Waals surface area contributed by atoms with Crippen molar-refractivity contribution in [2.45, 2.75) is 38.7 Å². The summed E-state index contributed by atoms with van der Waals surface area (Å²) in [6.07, 6.45) is 5.64. The normalized spacial score (nSPS) is 13.4. The number of benzene rings is 2. The monoisotopic (exact) mass is 509 g/mol. The molecule has 1 aliphatic rings. The molecule has 0 spiro atoms. The number of nitrogens with one attached hydrogen (secondary N) is 1. The number of ether oxygens (including phenoxy) is 2. The minimum absolute atomic E-state index is 0. The number of rotatable bonds is 10. The fraction of sp³-hybridized carbons (Fsp3) is 0.435. The molecular formula is C23H32IN3O2. The number of nitrogens with two attached hydrogens (primary N) is 1. The number of aryl methyl sites for hydroxylation is 1. The van der Waals surface area contributed by atoms with Gasteiger partial charge in [-0.3, -0.25) is 4.99 Å². The number of fused-ring (bicyclic) bond motifs is 1. The van der Waals surface area contributed by atoms with E-state index in [0.29, 0.717) is 38.9 Å². The van der Waals surface area contributed by atoms with Crippen LogP contribution >= 0.6 is 24.0 Å². The number of hydrogen-bond donors (Lipinski definition) is 2. The molecule has 0 unspecified atom stereocenters. The summed E-state index contributed by atoms with van der Waals surface area (Å²) in [7, 11) is 0. The average Bonchev–Trinajstić information content (AvgIpc) is 2.73. The molecule has 2 aromatic carbocycles. The summed E-state index contributed by atoms with van der Waals surface area (Å²) in [5.41, 5.74) is 11.2. The molecule has 0 atom stereocenters. The number of anilines is 1. The Kier molecular flexibility index (Phi) is 11.1. The third-order valence-corrected chi connectivity index (χ3v) is 4.87. The lowest BCUT2D eigenvalue weighted by atomic mass is 9.90. The van der Waals surface area contributed by atoms with E-state index in [4.69, 9.17) is 15.2 Å². The van der Waals surface area contributed by atoms with Gasteiger partial charge in [-0.1, -0.05) is 42.5 Å². The van der Waals surface area contributed by atoms with Crippen LogP contribution in [0.1, 0.15) is 36.0 Å². The summed E-state index contributed by atoms with van der Waals surface area (Å²) in [5, 5.41) is 3.27. The van der Waals surface area contributed by atoms with E-state index in [2.05, 4.69) is 40.6 Å². The number of nitrogens with zero attached hydrogens (tertiary/aromatic N) is 1. The van der Waals surface area contributed by atoms with Gasteiger partial charge in [0.05, 0.1) is 19.8 Å². The van der Waals surface area contributed by atoms with Crippen molar-refractivity contribution in [1.29, 1.82) is 0 Å². The number of aliphatic imine (C=N–C) groups is 1. The van der Waals surface area contributed by atoms with Crippen molar-refractivity contribution in [1.82, 2.24) is 0 Å². The van der Waals surface area contributed by atoms with Gasteiger partial charge in [0, 0.05) is 18.8 Å². The Balaban J connectivity index is 0.00000300. The van der Waals surface area contributed by atoms with Crippen molar-refractivity contribution in [2.24, 2.45) is 10.7 Å². The van der Waals surface area contributed by atoms with Gasteiger partial charge < -0.3 is 20.5 Å². The lowest BCUT2D eigenvalue weighted by molar-refractivity contribution is 0.0403. The maximum absolute atomic E-state index is 6.05. The van der Waals surface area contributed by atoms with Gasteiger partial charge in [-0.05, 0) is 54.9 Å². The lowest BCUT2D eigenvalue weighted by Gasteiger charge is -2.19. The van der Waals surface area contributed by atoms with Gasteiger partial charge in [0.25, 0.3) is 0 Å². The summed E-state index contributed by atoms with van der Waals surface area (Å²) in [6.45, 7) is 3.13. The van der Waals surface area contributed by atoms with Crippen molar-refractivity contribution >= 4 is 35.6 Å². The fourth-order valence-electron chi connectivity index (χ4n) is 3.43. The van der Waals surface area contributed by atoms with Gasteiger partial charge >= 0.3 is 0 Å². The fourth-order valence-corrected chi connectivity index (χ4v) is 3.43. The van der Waals surface area contributed by atoms with E-state index >= 15 is 0 Å². The highest BCUT2D eigenvalue weighted by molar-refractivity contribution is 14.0. The third kappa shape index (κ3) is 8.32. The maximum Gasteiger partial charge on any atom is 0.193 e. The quantitative estimate of drug-likeness (QED) is 0.214. The van der Waals surface area contributed by atoms with Crippen LogP contribution in [0.4, 0.5) is 5.69 Å². The summed E-state index contributed by atoms with van der Waals surface area (Å²) >= 11 is 0. The summed E-state index contributed by atoms with van der Waals surface area (Å²) < 4.78 is 11.2. The van der Waals surface area contributed by atoms with E-state index in [9.17, 15) is 0 Å². The SMILES string of the molecule is I.NC(=NCCCOCCOCc1ccccc1)Nc1cccc2c1CCCC2. The van der Waals surface area contributed by atoms with Gasteiger partial charge in [0.1, 0.15) is 0 Å². The summed E-state index contributed by atoms with van der Waals surface area (Å²) in [6, 6.07) is 16.5. The molecule has 0 saturated carbocycles. The van der Waals surface area contributed by atoms with Crippen LogP contribution in [0.5, 0.6) is 0 Å². The minimum atomic E-state index is 0. The predicted octanol–water partition coefficient (Wildman–Crippen LogP) is 4.53. The molecular weight excluding hydrogens is 477 g/mol. The van der Waals surface area contributed by atoms with Crippen LogP contribution in [-0.4, -0.2) is 32.3 Å². The maximum atomic E-state index is 6.05. The van der Waals surface area contributed by atoms with Gasteiger partial charge in [-0.15, -0.1) is 24.0 Å². The van der Waals surface area contributed by atoms with Crippen LogP contribution in [0.2, 0.25) is 0 Å². The zero-order chi connectivity index (χ0) is 19.4. The van der Waals surface area contributed by atoms with Crippen molar-refractivity contribution < 1.29 is 9.47 Å². The summed E-state index contributed by atoms with van der Waals surface area (Å²) in [5.74, 6) is 0.477. The molecule has 0 aliphatic heterocycles. The highest BCUT2D eigenvalue weighted by Gasteiger charge is 2.12. The molecule has 0 radical (unpaired) electrons. The molecule has 3 N–H and O–H groups in total. The van der Waals surface area contributed by atoms with Crippen LogP contribution in [0.15, 0.2) is 53.5 Å². The van der Waals surface area contributed by atoms with Gasteiger partial charge in [0.2, 0.25) is 0 Å². The molecule has 1 aliphatic carbocycles. The molecule has 2 aromatic rings. The largest absolute Gasteiger partial charge is 0.379 e. The second kappa shape index (κ2) is 13.6. The van der Waals surface area contributed by atoms with E-state index in [0.717, 1.165) is 24.9 Å². The molecule has 158 valence electrons. The number of halogens is 1. The lowest BCUT2D eigenvalue weighted by Crippen LogP contribution is -2.24. The van der Waals surface area contributed by atoms with Crippen LogP contribution < -0.4 is 11.1 Å². The zero-order valence-corrected chi connectivity index (χ0v) is 19.3. The first-order chi connectivity index (χ1) is 13.8. The van der Waals surface area contributed by atoms with E-state index in [1.807, 2.05) is 18.2 Å². The first-order valence-electron chi connectivity index (χ1n) is 10.2. The molecule has 0 bridgehead atoms. The highest BCUT2D eigenvalue weighted by atomic mass is 127. The molecule has 6 heteroatoms. The average molecular weight is 509 g/mol. The molecule has 0 heterocycles. The van der Waals surface area contributed by atoms with Gasteiger partial charge in [-0.25, -0.2) is 0 Å². The first-order valence-corrected chi connectivity index (χ1v) is 10.2. The topological polar surface area (TPSA) is 68.9 Å². The summed E-state index contributed by atoms with van der Waals surface area (Å²) in [4.78, 5) is 4.41. The molecule has 0 amide bonds. The van der Waals surface area contributed by atoms with Crippen molar-refractivity contribution in [2.75, 3.05) is 31.7 Å². The van der Waals surface area contributed by atoms with Crippen molar-refractivity contribution in [3.05, 3.63) is 65.2 Å². The molecule has 29 heavy (non-hydrogen) atoms. The number of guanidine groups is 1. The van der Waals surface area contributed by atoms with E-state index in [-0.39, 0.29) is 24.0 Å². The smallest absolute Gasteiger partial charge is 0.193 e. The Bertz CT molecular complexity index is 753. The Morgan fingerprint density at radius 3 is 2.59 bits per heavy atom. The Morgan fingerprint density at radius 2 is 1.72 bits per heavy atom. The van der Waals surface area contributed by atoms with Gasteiger partial charge in [0.15, 0.2) is 5.96 Å². The molecule has 5 nitrogen and oxygen atoms in total. The second-order valence-corrected chi connectivity index (χ2v) is 7.05. The molecule has 3 rings (SSSR count). The minimum Gasteiger partial charge on any atom is -0.379 e. The zero-order valence-electron chi connectivity index (χ0n) is 16.9. The first kappa shape index (κ1) is 23.6. The Labute approximate surface area is 191 Å². The predicted molar refractivity (Wildman–Crippen MR) is 130 cm³/mol. The van der Waals surface area contributed by atoms with E-state index in [1.54, 1.807) is 0 Å². The van der Waals surface area contributed by atoms with E-state index < -0.39 is 0 Å². The molecule has 0 saturated heterocycles. The Hall–Kier alpha value is -1.64. The van der Waals surface area contributed by atoms with E-state index in [1.165, 1.54) is 29.5 Å². The van der Waals surface area contributed by atoms with Crippen LogP contribution in [0.25, 0.3) is 0 Å². The molecule has 0 aromatic heterocycles. The van der Waals surface area contributed by atoms with Crippen LogP contribution in [0, 0.1) is 0 Å². The van der Waals surface area contributed by atoms with Crippen molar-refractivity contribution in [3.8, 4) is 0 Å². The Morgan fingerprint density at radius 1 is 0.931 bits per heavy atom.